The average Bonchev–Trinajstić information content (AvgIpc) is 2.49. The Morgan fingerprint density at radius 1 is 1.23 bits per heavy atom. The molecule has 0 atom stereocenters. The van der Waals surface area contributed by atoms with Crippen LogP contribution in [0.4, 0.5) is 15.4 Å². The minimum atomic E-state index is -1.56. The normalized spacial score (nSPS) is 11.5. The molecule has 1 N–H and O–H groups in total. The summed E-state index contributed by atoms with van der Waals surface area (Å²) in [6.07, 6.45) is -2.22. The Balaban J connectivity index is 3.29. The van der Waals surface area contributed by atoms with Crippen LogP contribution in [0.5, 0.6) is 0 Å². The molecule has 1 heterocycles. The Morgan fingerprint density at radius 2 is 1.81 bits per heavy atom. The molecule has 146 valence electrons. The molecule has 0 unspecified atom stereocenters. The van der Waals surface area contributed by atoms with E-state index < -0.39 is 24.1 Å². The van der Waals surface area contributed by atoms with Crippen LogP contribution >= 0.6 is 11.6 Å². The van der Waals surface area contributed by atoms with Gasteiger partial charge >= 0.3 is 12.2 Å². The molecule has 0 aliphatic heterocycles. The minimum absolute atomic E-state index is 0.00536. The maximum atomic E-state index is 12.4. The average molecular weight is 390 g/mol. The summed E-state index contributed by atoms with van der Waals surface area (Å²) in [4.78, 5) is 32.2. The van der Waals surface area contributed by atoms with Crippen LogP contribution in [0.25, 0.3) is 0 Å². The lowest BCUT2D eigenvalue weighted by molar-refractivity contribution is -0.134. The number of rotatable bonds is 7. The van der Waals surface area contributed by atoms with E-state index in [4.69, 9.17) is 25.8 Å². The van der Waals surface area contributed by atoms with Crippen molar-refractivity contribution in [3.05, 3.63) is 17.0 Å². The molecule has 2 amide bonds. The van der Waals surface area contributed by atoms with Crippen molar-refractivity contribution in [2.24, 2.45) is 0 Å². The van der Waals surface area contributed by atoms with Crippen molar-refractivity contribution in [1.29, 1.82) is 0 Å². The van der Waals surface area contributed by atoms with E-state index in [9.17, 15) is 14.7 Å². The Kier molecular flexibility index (Phi) is 8.19. The maximum Gasteiger partial charge on any atom is 0.425 e. The molecule has 0 radical (unpaired) electrons. The first-order valence-electron chi connectivity index (χ1n) is 8.09. The molecule has 0 aromatic carbocycles. The third-order valence-corrected chi connectivity index (χ3v) is 3.25. The number of amides is 2. The molecule has 1 aromatic rings. The molecule has 9 nitrogen and oxygen atoms in total. The molecule has 0 aliphatic carbocycles. The lowest BCUT2D eigenvalue weighted by atomic mass is 10.2. The number of anilines is 1. The second kappa shape index (κ2) is 9.65. The highest BCUT2D eigenvalue weighted by atomic mass is 35.5. The number of nitrogens with zero attached hydrogens (tertiary/aromatic N) is 3. The van der Waals surface area contributed by atoms with E-state index >= 15 is 0 Å². The van der Waals surface area contributed by atoms with E-state index in [2.05, 4.69) is 9.97 Å². The van der Waals surface area contributed by atoms with E-state index in [1.165, 1.54) is 0 Å². The maximum absolute atomic E-state index is 12.4. The fourth-order valence-electron chi connectivity index (χ4n) is 2.02. The zero-order valence-corrected chi connectivity index (χ0v) is 16.2. The lowest BCUT2D eigenvalue weighted by Crippen LogP contribution is -2.41. The van der Waals surface area contributed by atoms with Gasteiger partial charge in [0.05, 0.1) is 0 Å². The summed E-state index contributed by atoms with van der Waals surface area (Å²) >= 11 is 6.13. The summed E-state index contributed by atoms with van der Waals surface area (Å²) in [6.45, 7) is 9.21. The molecule has 26 heavy (non-hydrogen) atoms. The first kappa shape index (κ1) is 22.1. The quantitative estimate of drug-likeness (QED) is 0.557. The summed E-state index contributed by atoms with van der Waals surface area (Å²) in [5, 5.41) is 9.50. The van der Waals surface area contributed by atoms with Crippen LogP contribution in [0, 0.1) is 0 Å². The predicted octanol–water partition coefficient (Wildman–Crippen LogP) is 3.49. The Hall–Kier alpha value is -1.97. The number of imide groups is 1. The molecular formula is C16H24ClN3O6. The van der Waals surface area contributed by atoms with E-state index in [0.717, 1.165) is 6.33 Å². The molecular weight excluding hydrogens is 366 g/mol. The highest BCUT2D eigenvalue weighted by molar-refractivity contribution is 6.30. The van der Waals surface area contributed by atoms with Crippen molar-refractivity contribution < 1.29 is 28.9 Å². The number of carboxylic acid groups (broad SMARTS) is 1. The van der Waals surface area contributed by atoms with Gasteiger partial charge in [-0.25, -0.2) is 19.6 Å². The van der Waals surface area contributed by atoms with E-state index in [1.807, 2.05) is 0 Å². The van der Waals surface area contributed by atoms with Gasteiger partial charge in [0, 0.05) is 25.2 Å². The smallest absolute Gasteiger partial charge is 0.425 e. The predicted molar refractivity (Wildman–Crippen MR) is 94.5 cm³/mol. The van der Waals surface area contributed by atoms with Gasteiger partial charge in [0.25, 0.3) is 0 Å². The molecule has 10 heteroatoms. The van der Waals surface area contributed by atoms with Crippen LogP contribution < -0.4 is 4.90 Å². The molecule has 0 saturated carbocycles. The van der Waals surface area contributed by atoms with Gasteiger partial charge in [0.15, 0.2) is 12.1 Å². The molecule has 1 aromatic heterocycles. The number of hydrogen-bond acceptors (Lipinski definition) is 7. The molecule has 1 rings (SSSR count). The van der Waals surface area contributed by atoms with Gasteiger partial charge in [0.1, 0.15) is 17.1 Å². The van der Waals surface area contributed by atoms with E-state index in [1.54, 1.807) is 34.6 Å². The lowest BCUT2D eigenvalue weighted by Gasteiger charge is -2.25. The molecule has 0 saturated heterocycles. The second-order valence-corrected chi connectivity index (χ2v) is 6.47. The standard InChI is InChI=1S/C16H24ClN3O6/c1-6-24-11(25-7-2)8-10-12(17)18-9-19-13(10)20(14(21)22)15(23)26-16(3,4)5/h9,11H,6-8H2,1-5H3,(H,21,22). The molecule has 0 aliphatic rings. The van der Waals surface area contributed by atoms with Crippen LogP contribution in [0.3, 0.4) is 0 Å². The molecule has 0 bridgehead atoms. The van der Waals surface area contributed by atoms with Crippen molar-refractivity contribution in [3.63, 3.8) is 0 Å². The van der Waals surface area contributed by atoms with Crippen molar-refractivity contribution in [1.82, 2.24) is 9.97 Å². The largest absolute Gasteiger partial charge is 0.464 e. The fourth-order valence-corrected chi connectivity index (χ4v) is 2.22. The number of hydrogen-bond donors (Lipinski definition) is 1. The van der Waals surface area contributed by atoms with Crippen molar-refractivity contribution in [2.75, 3.05) is 18.1 Å². The second-order valence-electron chi connectivity index (χ2n) is 6.11. The highest BCUT2D eigenvalue weighted by Gasteiger charge is 2.33. The SMILES string of the molecule is CCOC(Cc1c(Cl)ncnc1N(C(=O)O)C(=O)OC(C)(C)C)OCC. The zero-order chi connectivity index (χ0) is 19.9. The summed E-state index contributed by atoms with van der Waals surface area (Å²) in [5.74, 6) is -0.198. The third-order valence-electron chi connectivity index (χ3n) is 2.93. The van der Waals surface area contributed by atoms with Crippen LogP contribution in [0.15, 0.2) is 6.33 Å². The van der Waals surface area contributed by atoms with Crippen molar-refractivity contribution in [2.45, 2.75) is 52.9 Å². The number of carbonyl (C=O) groups is 2. The van der Waals surface area contributed by atoms with Gasteiger partial charge in [-0.05, 0) is 34.6 Å². The third kappa shape index (κ3) is 6.40. The Morgan fingerprint density at radius 3 is 2.27 bits per heavy atom. The number of ether oxygens (including phenoxy) is 3. The van der Waals surface area contributed by atoms with Gasteiger partial charge in [-0.3, -0.25) is 0 Å². The summed E-state index contributed by atoms with van der Waals surface area (Å²) in [7, 11) is 0. The van der Waals surface area contributed by atoms with Crippen molar-refractivity contribution >= 4 is 29.6 Å². The zero-order valence-electron chi connectivity index (χ0n) is 15.5. The first-order chi connectivity index (χ1) is 12.1. The first-order valence-corrected chi connectivity index (χ1v) is 8.47. The number of carbonyl (C=O) groups excluding carboxylic acids is 1. The number of aromatic nitrogens is 2. The van der Waals surface area contributed by atoms with Gasteiger partial charge in [-0.15, -0.1) is 0 Å². The fraction of sp³-hybridized carbons (Fsp3) is 0.625. The topological polar surface area (TPSA) is 111 Å². The number of halogens is 1. The molecule has 0 fully saturated rings. The van der Waals surface area contributed by atoms with Crippen molar-refractivity contribution in [3.8, 4) is 0 Å². The van der Waals surface area contributed by atoms with Gasteiger partial charge in [0.2, 0.25) is 0 Å². The van der Waals surface area contributed by atoms with E-state index in [-0.39, 0.29) is 23.0 Å². The molecule has 0 spiro atoms. The van der Waals surface area contributed by atoms with Crippen LogP contribution in [-0.2, 0) is 20.6 Å². The van der Waals surface area contributed by atoms with Crippen LogP contribution in [0.1, 0.15) is 40.2 Å². The van der Waals surface area contributed by atoms with E-state index in [0.29, 0.717) is 18.1 Å². The highest BCUT2D eigenvalue weighted by Crippen LogP contribution is 2.27. The monoisotopic (exact) mass is 389 g/mol. The van der Waals surface area contributed by atoms with Gasteiger partial charge in [-0.2, -0.15) is 4.90 Å². The summed E-state index contributed by atoms with van der Waals surface area (Å²) in [6, 6.07) is 0. The van der Waals surface area contributed by atoms with Crippen LogP contribution in [0.2, 0.25) is 5.15 Å². The minimum Gasteiger partial charge on any atom is -0.464 e. The summed E-state index contributed by atoms with van der Waals surface area (Å²) in [5.41, 5.74) is -0.685. The summed E-state index contributed by atoms with van der Waals surface area (Å²) < 4.78 is 16.1. The Bertz CT molecular complexity index is 629. The van der Waals surface area contributed by atoms with Gasteiger partial charge in [-0.1, -0.05) is 11.6 Å². The van der Waals surface area contributed by atoms with Gasteiger partial charge < -0.3 is 19.3 Å². The van der Waals surface area contributed by atoms with Crippen LogP contribution in [-0.4, -0.2) is 52.4 Å². The Labute approximate surface area is 157 Å².